The standard InChI is InChI=1S/C18H28N2/c1-20(2)18(16-6-4-3-5-7-16)10-8-17(9-11-18)12-14-19-15-13-17/h3-7,19H,8-15H2,1-2H3. The second kappa shape index (κ2) is 5.50. The van der Waals surface area contributed by atoms with E-state index in [2.05, 4.69) is 54.6 Å². The van der Waals surface area contributed by atoms with Crippen molar-refractivity contribution in [3.05, 3.63) is 35.9 Å². The predicted octanol–water partition coefficient (Wildman–Crippen LogP) is 3.39. The molecule has 1 aliphatic heterocycles. The number of nitrogens with zero attached hydrogens (tertiary/aromatic N) is 1. The highest BCUT2D eigenvalue weighted by Crippen LogP contribution is 2.51. The van der Waals surface area contributed by atoms with Gasteiger partial charge in [-0.3, -0.25) is 4.90 Å². The van der Waals surface area contributed by atoms with Crippen LogP contribution < -0.4 is 5.32 Å². The molecule has 0 radical (unpaired) electrons. The van der Waals surface area contributed by atoms with Gasteiger partial charge >= 0.3 is 0 Å². The molecular formula is C18H28N2. The number of nitrogens with one attached hydrogen (secondary N) is 1. The van der Waals surface area contributed by atoms with E-state index in [1.54, 1.807) is 0 Å². The molecule has 0 atom stereocenters. The first-order chi connectivity index (χ1) is 9.67. The van der Waals surface area contributed by atoms with E-state index >= 15 is 0 Å². The van der Waals surface area contributed by atoms with Crippen LogP contribution in [0, 0.1) is 5.41 Å². The Hall–Kier alpha value is -0.860. The highest BCUT2D eigenvalue weighted by Gasteiger charge is 2.44. The van der Waals surface area contributed by atoms with Crippen LogP contribution in [0.5, 0.6) is 0 Å². The van der Waals surface area contributed by atoms with Crippen molar-refractivity contribution in [3.63, 3.8) is 0 Å². The Labute approximate surface area is 123 Å². The highest BCUT2D eigenvalue weighted by atomic mass is 15.1. The molecule has 1 aromatic rings. The van der Waals surface area contributed by atoms with E-state index in [1.807, 2.05) is 0 Å². The van der Waals surface area contributed by atoms with Crippen molar-refractivity contribution < 1.29 is 0 Å². The van der Waals surface area contributed by atoms with E-state index in [9.17, 15) is 0 Å². The minimum Gasteiger partial charge on any atom is -0.317 e. The first-order valence-electron chi connectivity index (χ1n) is 8.11. The fourth-order valence-electron chi connectivity index (χ4n) is 4.39. The van der Waals surface area contributed by atoms with Crippen molar-refractivity contribution in [3.8, 4) is 0 Å². The Morgan fingerprint density at radius 1 is 0.850 bits per heavy atom. The van der Waals surface area contributed by atoms with Crippen LogP contribution in [0.2, 0.25) is 0 Å². The number of hydrogen-bond acceptors (Lipinski definition) is 2. The molecule has 1 saturated carbocycles. The third-order valence-corrected chi connectivity index (χ3v) is 5.97. The van der Waals surface area contributed by atoms with Gasteiger partial charge in [-0.25, -0.2) is 0 Å². The van der Waals surface area contributed by atoms with Crippen LogP contribution in [0.25, 0.3) is 0 Å². The summed E-state index contributed by atoms with van der Waals surface area (Å²) in [6, 6.07) is 11.1. The molecule has 1 spiro atoms. The molecule has 1 N–H and O–H groups in total. The average molecular weight is 272 g/mol. The first-order valence-corrected chi connectivity index (χ1v) is 8.11. The van der Waals surface area contributed by atoms with Gasteiger partial charge in [-0.1, -0.05) is 30.3 Å². The number of rotatable bonds is 2. The van der Waals surface area contributed by atoms with Crippen LogP contribution in [0.3, 0.4) is 0 Å². The lowest BCUT2D eigenvalue weighted by molar-refractivity contribution is 0.0189. The molecule has 2 fully saturated rings. The van der Waals surface area contributed by atoms with Gasteiger partial charge in [0.2, 0.25) is 0 Å². The maximum atomic E-state index is 3.52. The summed E-state index contributed by atoms with van der Waals surface area (Å²) in [6.07, 6.45) is 8.16. The molecule has 3 rings (SSSR count). The normalized spacial score (nSPS) is 24.9. The van der Waals surface area contributed by atoms with Gasteiger partial charge in [0.15, 0.2) is 0 Å². The van der Waals surface area contributed by atoms with Crippen molar-refractivity contribution in [2.75, 3.05) is 27.2 Å². The van der Waals surface area contributed by atoms with E-state index in [-0.39, 0.29) is 5.54 Å². The average Bonchev–Trinajstić information content (AvgIpc) is 2.50. The molecule has 0 aromatic heterocycles. The summed E-state index contributed by atoms with van der Waals surface area (Å²) in [6.45, 7) is 2.45. The predicted molar refractivity (Wildman–Crippen MR) is 84.8 cm³/mol. The Bertz CT molecular complexity index is 422. The molecule has 2 heteroatoms. The minimum absolute atomic E-state index is 0.261. The zero-order chi connectivity index (χ0) is 14.1. The Kier molecular flexibility index (Phi) is 3.87. The Morgan fingerprint density at radius 2 is 1.45 bits per heavy atom. The highest BCUT2D eigenvalue weighted by molar-refractivity contribution is 5.25. The van der Waals surface area contributed by atoms with Crippen molar-refractivity contribution in [1.82, 2.24) is 10.2 Å². The minimum atomic E-state index is 0.261. The third kappa shape index (κ3) is 2.40. The maximum Gasteiger partial charge on any atom is 0.0455 e. The number of benzene rings is 1. The quantitative estimate of drug-likeness (QED) is 0.888. The molecular weight excluding hydrogens is 244 g/mol. The van der Waals surface area contributed by atoms with E-state index in [0.717, 1.165) is 0 Å². The van der Waals surface area contributed by atoms with E-state index < -0.39 is 0 Å². The summed E-state index contributed by atoms with van der Waals surface area (Å²) in [7, 11) is 4.51. The molecule has 1 aliphatic carbocycles. The fraction of sp³-hybridized carbons (Fsp3) is 0.667. The zero-order valence-electron chi connectivity index (χ0n) is 13.0. The largest absolute Gasteiger partial charge is 0.317 e. The summed E-state index contributed by atoms with van der Waals surface area (Å²) >= 11 is 0. The van der Waals surface area contributed by atoms with Gasteiger partial charge in [-0.2, -0.15) is 0 Å². The molecule has 1 aromatic carbocycles. The Balaban J connectivity index is 1.81. The summed E-state index contributed by atoms with van der Waals surface area (Å²) < 4.78 is 0. The van der Waals surface area contributed by atoms with Crippen LogP contribution in [0.1, 0.15) is 44.1 Å². The lowest BCUT2D eigenvalue weighted by Crippen LogP contribution is -2.49. The van der Waals surface area contributed by atoms with Gasteiger partial charge in [0.25, 0.3) is 0 Å². The number of piperidine rings is 1. The summed E-state index contributed by atoms with van der Waals surface area (Å²) in [4.78, 5) is 2.47. The Morgan fingerprint density at radius 3 is 2.00 bits per heavy atom. The van der Waals surface area contributed by atoms with Gasteiger partial charge in [-0.05, 0) is 76.7 Å². The SMILES string of the molecule is CN(C)C1(c2ccccc2)CCC2(CCNCC2)CC1. The molecule has 2 nitrogen and oxygen atoms in total. The summed E-state index contributed by atoms with van der Waals surface area (Å²) in [5, 5.41) is 3.52. The molecule has 110 valence electrons. The van der Waals surface area contributed by atoms with Gasteiger partial charge in [0.05, 0.1) is 0 Å². The number of hydrogen-bond donors (Lipinski definition) is 1. The first kappa shape index (κ1) is 14.1. The van der Waals surface area contributed by atoms with Gasteiger partial charge in [-0.15, -0.1) is 0 Å². The van der Waals surface area contributed by atoms with Gasteiger partial charge < -0.3 is 5.32 Å². The molecule has 0 bridgehead atoms. The van der Waals surface area contributed by atoms with Crippen LogP contribution in [-0.4, -0.2) is 32.1 Å². The van der Waals surface area contributed by atoms with Gasteiger partial charge in [0, 0.05) is 5.54 Å². The molecule has 1 heterocycles. The van der Waals surface area contributed by atoms with E-state index in [4.69, 9.17) is 0 Å². The van der Waals surface area contributed by atoms with Gasteiger partial charge in [0.1, 0.15) is 0 Å². The van der Waals surface area contributed by atoms with E-state index in [0.29, 0.717) is 5.41 Å². The van der Waals surface area contributed by atoms with Crippen molar-refractivity contribution in [2.24, 2.45) is 5.41 Å². The second-order valence-corrected chi connectivity index (χ2v) is 7.04. The second-order valence-electron chi connectivity index (χ2n) is 7.04. The lowest BCUT2D eigenvalue weighted by atomic mass is 9.61. The lowest BCUT2D eigenvalue weighted by Gasteiger charge is -2.51. The van der Waals surface area contributed by atoms with Crippen LogP contribution in [0.15, 0.2) is 30.3 Å². The fourth-order valence-corrected chi connectivity index (χ4v) is 4.39. The van der Waals surface area contributed by atoms with Crippen molar-refractivity contribution in [2.45, 2.75) is 44.1 Å². The van der Waals surface area contributed by atoms with Crippen molar-refractivity contribution in [1.29, 1.82) is 0 Å². The molecule has 0 unspecified atom stereocenters. The van der Waals surface area contributed by atoms with Crippen molar-refractivity contribution >= 4 is 0 Å². The topological polar surface area (TPSA) is 15.3 Å². The van der Waals surface area contributed by atoms with Crippen LogP contribution in [-0.2, 0) is 5.54 Å². The summed E-state index contributed by atoms with van der Waals surface area (Å²) in [5.41, 5.74) is 2.41. The van der Waals surface area contributed by atoms with Crippen LogP contribution in [0.4, 0.5) is 0 Å². The third-order valence-electron chi connectivity index (χ3n) is 5.97. The van der Waals surface area contributed by atoms with Crippen LogP contribution >= 0.6 is 0 Å². The summed E-state index contributed by atoms with van der Waals surface area (Å²) in [5.74, 6) is 0. The maximum absolute atomic E-state index is 3.52. The molecule has 1 saturated heterocycles. The monoisotopic (exact) mass is 272 g/mol. The molecule has 20 heavy (non-hydrogen) atoms. The van der Waals surface area contributed by atoms with E-state index in [1.165, 1.54) is 57.2 Å². The molecule has 0 amide bonds. The molecule has 2 aliphatic rings. The smallest absolute Gasteiger partial charge is 0.0455 e. The zero-order valence-corrected chi connectivity index (χ0v) is 13.0.